The van der Waals surface area contributed by atoms with Crippen LogP contribution in [-0.2, 0) is 0 Å². The van der Waals surface area contributed by atoms with Crippen LogP contribution in [0.4, 0.5) is 5.69 Å². The zero-order chi connectivity index (χ0) is 14.5. The van der Waals surface area contributed by atoms with Gasteiger partial charge in [-0.05, 0) is 17.7 Å². The van der Waals surface area contributed by atoms with E-state index in [2.05, 4.69) is 69.4 Å². The normalized spacial score (nSPS) is 17.1. The average Bonchev–Trinajstić information content (AvgIpc) is 2.46. The Morgan fingerprint density at radius 3 is 2.20 bits per heavy atom. The van der Waals surface area contributed by atoms with Crippen molar-refractivity contribution in [3.05, 3.63) is 29.8 Å². The van der Waals surface area contributed by atoms with Gasteiger partial charge in [-0.1, -0.05) is 12.1 Å². The quantitative estimate of drug-likeness (QED) is 0.504. The predicted octanol–water partition coefficient (Wildman–Crippen LogP) is 1.85. The van der Waals surface area contributed by atoms with Crippen molar-refractivity contribution in [2.24, 2.45) is 5.10 Å². The first-order valence-electron chi connectivity index (χ1n) is 6.73. The lowest BCUT2D eigenvalue weighted by atomic mass is 10.2. The third-order valence-electron chi connectivity index (χ3n) is 3.40. The zero-order valence-corrected chi connectivity index (χ0v) is 13.8. The van der Waals surface area contributed by atoms with Crippen LogP contribution in [0.5, 0.6) is 0 Å². The second-order valence-corrected chi connectivity index (χ2v) is 6.45. The Hall–Kier alpha value is -0.850. The van der Waals surface area contributed by atoms with Crippen LogP contribution in [0, 0.1) is 0 Å². The van der Waals surface area contributed by atoms with Crippen molar-refractivity contribution in [2.45, 2.75) is 4.71 Å². The van der Waals surface area contributed by atoms with Gasteiger partial charge in [-0.3, -0.25) is 9.91 Å². The van der Waals surface area contributed by atoms with Crippen LogP contribution in [-0.4, -0.2) is 61.1 Å². The molecule has 0 radical (unpaired) electrons. The first kappa shape index (κ1) is 15.5. The van der Waals surface area contributed by atoms with E-state index < -0.39 is 0 Å². The largest absolute Gasteiger partial charge is 0.378 e. The van der Waals surface area contributed by atoms with Gasteiger partial charge in [0, 0.05) is 46.0 Å². The van der Waals surface area contributed by atoms with Crippen molar-refractivity contribution in [1.82, 2.24) is 9.91 Å². The number of hydrogen-bond donors (Lipinski definition) is 2. The molecule has 1 saturated heterocycles. The first-order chi connectivity index (χ1) is 9.56. The Morgan fingerprint density at radius 1 is 1.10 bits per heavy atom. The van der Waals surface area contributed by atoms with E-state index in [1.807, 2.05) is 20.3 Å². The van der Waals surface area contributed by atoms with E-state index in [-0.39, 0.29) is 4.71 Å². The highest BCUT2D eigenvalue weighted by molar-refractivity contribution is 7.99. The fourth-order valence-corrected chi connectivity index (χ4v) is 2.53. The van der Waals surface area contributed by atoms with Gasteiger partial charge in [-0.2, -0.15) is 5.10 Å². The van der Waals surface area contributed by atoms with Crippen molar-refractivity contribution in [1.29, 1.82) is 0 Å². The summed E-state index contributed by atoms with van der Waals surface area (Å²) < 4.78 is 0.0275. The molecular weight excluding hydrogens is 288 g/mol. The average molecular weight is 310 g/mol. The standard InChI is InChI=1S/C14H22N4S2/c1-16(2)13-5-3-12(4-6-13)11-15-18-9-7-17(8-10-18)14(19)20/h3-6,11,14,19-20H,7-10H2,1-2H3/b15-11+. The molecular formula is C14H22N4S2. The van der Waals surface area contributed by atoms with Gasteiger partial charge in [0.15, 0.2) is 0 Å². The summed E-state index contributed by atoms with van der Waals surface area (Å²) in [6, 6.07) is 8.39. The van der Waals surface area contributed by atoms with Gasteiger partial charge in [0.25, 0.3) is 0 Å². The van der Waals surface area contributed by atoms with Gasteiger partial charge < -0.3 is 4.90 Å². The predicted molar refractivity (Wildman–Crippen MR) is 93.3 cm³/mol. The second kappa shape index (κ2) is 7.24. The van der Waals surface area contributed by atoms with Gasteiger partial charge in [0.05, 0.1) is 10.9 Å². The van der Waals surface area contributed by atoms with Crippen LogP contribution in [0.25, 0.3) is 0 Å². The first-order valence-corrected chi connectivity index (χ1v) is 7.76. The zero-order valence-electron chi connectivity index (χ0n) is 12.0. The summed E-state index contributed by atoms with van der Waals surface area (Å²) in [4.78, 5) is 4.32. The Morgan fingerprint density at radius 2 is 1.70 bits per heavy atom. The minimum absolute atomic E-state index is 0.0275. The van der Waals surface area contributed by atoms with E-state index in [1.54, 1.807) is 0 Å². The number of thiol groups is 2. The fourth-order valence-electron chi connectivity index (χ4n) is 2.06. The molecule has 6 heteroatoms. The molecule has 0 aromatic heterocycles. The van der Waals surface area contributed by atoms with E-state index in [0.29, 0.717) is 0 Å². The third-order valence-corrected chi connectivity index (χ3v) is 4.05. The van der Waals surface area contributed by atoms with Crippen LogP contribution in [0.1, 0.15) is 5.56 Å². The molecule has 1 aliphatic rings. The maximum Gasteiger partial charge on any atom is 0.0970 e. The van der Waals surface area contributed by atoms with E-state index >= 15 is 0 Å². The number of hydrogen-bond acceptors (Lipinski definition) is 6. The number of piperazine rings is 1. The van der Waals surface area contributed by atoms with Crippen LogP contribution >= 0.6 is 25.3 Å². The summed E-state index contributed by atoms with van der Waals surface area (Å²) in [5.41, 5.74) is 2.32. The molecule has 20 heavy (non-hydrogen) atoms. The molecule has 0 bridgehead atoms. The molecule has 0 amide bonds. The lowest BCUT2D eigenvalue weighted by Crippen LogP contribution is -2.45. The Bertz CT molecular complexity index is 437. The molecule has 0 N–H and O–H groups in total. The Balaban J connectivity index is 1.87. The van der Waals surface area contributed by atoms with Gasteiger partial charge in [0.2, 0.25) is 0 Å². The molecule has 1 aliphatic heterocycles. The summed E-state index contributed by atoms with van der Waals surface area (Å²) in [6.45, 7) is 3.75. The van der Waals surface area contributed by atoms with E-state index in [0.717, 1.165) is 31.7 Å². The monoisotopic (exact) mass is 310 g/mol. The third kappa shape index (κ3) is 4.33. The van der Waals surface area contributed by atoms with E-state index in [4.69, 9.17) is 0 Å². The van der Waals surface area contributed by atoms with Crippen LogP contribution in [0.3, 0.4) is 0 Å². The number of hydrazone groups is 1. The molecule has 0 unspecified atom stereocenters. The van der Waals surface area contributed by atoms with Crippen molar-refractivity contribution in [2.75, 3.05) is 45.2 Å². The van der Waals surface area contributed by atoms with Gasteiger partial charge >= 0.3 is 0 Å². The molecule has 0 atom stereocenters. The molecule has 0 aliphatic carbocycles. The highest BCUT2D eigenvalue weighted by atomic mass is 32.2. The lowest BCUT2D eigenvalue weighted by molar-refractivity contribution is 0.148. The SMILES string of the molecule is CN(C)c1ccc(/C=N/N2CCN(C(S)S)CC2)cc1. The van der Waals surface area contributed by atoms with E-state index in [1.165, 1.54) is 5.69 Å². The fraction of sp³-hybridized carbons (Fsp3) is 0.500. The molecule has 0 saturated carbocycles. The van der Waals surface area contributed by atoms with Crippen molar-refractivity contribution in [3.63, 3.8) is 0 Å². The van der Waals surface area contributed by atoms with Crippen molar-refractivity contribution >= 4 is 37.2 Å². The summed E-state index contributed by atoms with van der Waals surface area (Å²) in [7, 11) is 4.08. The van der Waals surface area contributed by atoms with Crippen LogP contribution in [0.15, 0.2) is 29.4 Å². The molecule has 1 fully saturated rings. The summed E-state index contributed by atoms with van der Waals surface area (Å²) in [5, 5.41) is 6.64. The molecule has 1 heterocycles. The van der Waals surface area contributed by atoms with Gasteiger partial charge in [-0.15, -0.1) is 25.3 Å². The minimum atomic E-state index is 0.0275. The smallest absolute Gasteiger partial charge is 0.0970 e. The maximum atomic E-state index is 4.54. The molecule has 2 rings (SSSR count). The van der Waals surface area contributed by atoms with Gasteiger partial charge in [0.1, 0.15) is 0 Å². The summed E-state index contributed by atoms with van der Waals surface area (Å²) >= 11 is 8.67. The highest BCUT2D eigenvalue weighted by Crippen LogP contribution is 2.13. The lowest BCUT2D eigenvalue weighted by Gasteiger charge is -2.34. The Kier molecular flexibility index (Phi) is 5.63. The molecule has 4 nitrogen and oxygen atoms in total. The van der Waals surface area contributed by atoms with Crippen LogP contribution < -0.4 is 4.90 Å². The topological polar surface area (TPSA) is 22.1 Å². The number of nitrogens with zero attached hydrogens (tertiary/aromatic N) is 4. The van der Waals surface area contributed by atoms with Crippen molar-refractivity contribution < 1.29 is 0 Å². The summed E-state index contributed by atoms with van der Waals surface area (Å²) in [6.07, 6.45) is 1.92. The number of rotatable bonds is 4. The van der Waals surface area contributed by atoms with Crippen molar-refractivity contribution in [3.8, 4) is 0 Å². The number of anilines is 1. The second-order valence-electron chi connectivity index (χ2n) is 5.07. The highest BCUT2D eigenvalue weighted by Gasteiger charge is 2.17. The van der Waals surface area contributed by atoms with Crippen LogP contribution in [0.2, 0.25) is 0 Å². The minimum Gasteiger partial charge on any atom is -0.378 e. The van der Waals surface area contributed by atoms with E-state index in [9.17, 15) is 0 Å². The molecule has 1 aromatic rings. The molecule has 0 spiro atoms. The molecule has 110 valence electrons. The summed E-state index contributed by atoms with van der Waals surface area (Å²) in [5.74, 6) is 0. The van der Waals surface area contributed by atoms with Gasteiger partial charge in [-0.25, -0.2) is 0 Å². The Labute approximate surface area is 132 Å². The number of benzene rings is 1. The maximum absolute atomic E-state index is 4.54. The molecule has 1 aromatic carbocycles.